The average molecular weight is 410 g/mol. The third-order valence-electron chi connectivity index (χ3n) is 1.50. The molecule has 0 aromatic carbocycles. The molecule has 0 atom stereocenters. The van der Waals surface area contributed by atoms with Gasteiger partial charge in [0.15, 0.2) is 11.8 Å². The molecule has 1 heterocycles. The first-order valence-electron chi connectivity index (χ1n) is 5.34. The minimum absolute atomic E-state index is 0. The van der Waals surface area contributed by atoms with Crippen molar-refractivity contribution in [2.75, 3.05) is 5.32 Å². The van der Waals surface area contributed by atoms with Crippen LogP contribution in [0.1, 0.15) is 13.8 Å². The van der Waals surface area contributed by atoms with Gasteiger partial charge >= 0.3 is 0 Å². The van der Waals surface area contributed by atoms with Crippen LogP contribution in [-0.4, -0.2) is 28.1 Å². The number of halogens is 2. The number of nitrogens with zero attached hydrogens (tertiary/aromatic N) is 1. The van der Waals surface area contributed by atoms with Gasteiger partial charge in [0.1, 0.15) is 5.02 Å². The zero-order chi connectivity index (χ0) is 15.9. The average Bonchev–Trinajstić information content (AvgIpc) is 2.22. The third-order valence-corrected chi connectivity index (χ3v) is 2.06. The van der Waals surface area contributed by atoms with E-state index in [9.17, 15) is 4.79 Å². The molecule has 0 aliphatic carbocycles. The molecule has 9 heteroatoms. The van der Waals surface area contributed by atoms with Crippen LogP contribution in [0.4, 0.5) is 5.82 Å². The summed E-state index contributed by atoms with van der Waals surface area (Å²) in [5.74, 6) is -1.18. The zero-order valence-electron chi connectivity index (χ0n) is 11.5. The molecule has 0 saturated carbocycles. The van der Waals surface area contributed by atoms with Crippen LogP contribution < -0.4 is 10.1 Å². The minimum atomic E-state index is -1.08. The molecule has 0 fully saturated rings. The molecule has 1 aromatic rings. The molecule has 1 rings (SSSR count). The topological polar surface area (TPSA) is 88.5 Å². The van der Waals surface area contributed by atoms with Gasteiger partial charge in [0.25, 0.3) is 0 Å². The van der Waals surface area contributed by atoms with E-state index in [1.54, 1.807) is 0 Å². The van der Waals surface area contributed by atoms with E-state index < -0.39 is 11.9 Å². The Bertz CT molecular complexity index is 494. The Hall–Kier alpha value is -0.686. The van der Waals surface area contributed by atoms with Gasteiger partial charge in [-0.15, -0.1) is 0 Å². The predicted octanol–water partition coefficient (Wildman–Crippen LogP) is 2.85. The van der Waals surface area contributed by atoms with Gasteiger partial charge < -0.3 is 26.9 Å². The first-order chi connectivity index (χ1) is 9.13. The normalized spacial score (nSPS) is 9.00. The maximum absolute atomic E-state index is 10.8. The first-order valence-corrected chi connectivity index (χ1v) is 6.09. The Labute approximate surface area is 158 Å². The van der Waals surface area contributed by atoms with Crippen molar-refractivity contribution in [3.8, 4) is 5.88 Å². The van der Waals surface area contributed by atoms with Gasteiger partial charge in [-0.3, -0.25) is 11.7 Å². The smallest absolute Gasteiger partial charge is 0.234 e. The fraction of sp³-hybridized carbons (Fsp3) is 0.250. The second kappa shape index (κ2) is 11.0. The summed E-state index contributed by atoms with van der Waals surface area (Å²) in [5.41, 5.74) is 0. The van der Waals surface area contributed by atoms with Gasteiger partial charge in [0, 0.05) is 32.7 Å². The van der Waals surface area contributed by atoms with E-state index in [1.165, 1.54) is 6.07 Å². The van der Waals surface area contributed by atoms with Crippen molar-refractivity contribution in [3.05, 3.63) is 30.0 Å². The number of nitrogens with one attached hydrogen (secondary N) is 1. The predicted molar refractivity (Wildman–Crippen MR) is 77.0 cm³/mol. The van der Waals surface area contributed by atoms with Crippen LogP contribution in [0, 0.1) is 13.8 Å². The molecule has 0 bridgehead atoms. The van der Waals surface area contributed by atoms with Crippen molar-refractivity contribution in [1.29, 1.82) is 0 Å². The fourth-order valence-electron chi connectivity index (χ4n) is 0.975. The van der Waals surface area contributed by atoms with Crippen LogP contribution in [0.5, 0.6) is 5.88 Å². The Balaban J connectivity index is 0. The quantitative estimate of drug-likeness (QED) is 0.749. The van der Waals surface area contributed by atoms with E-state index >= 15 is 0 Å². The van der Waals surface area contributed by atoms with Crippen molar-refractivity contribution >= 4 is 40.9 Å². The number of hydrogen-bond donors (Lipinski definition) is 2. The number of aliphatic carboxylic acids is 1. The van der Waals surface area contributed by atoms with E-state index in [4.69, 9.17) is 37.8 Å². The van der Waals surface area contributed by atoms with Crippen LogP contribution in [0.3, 0.4) is 0 Å². The zero-order valence-corrected chi connectivity index (χ0v) is 15.9. The molecule has 0 aliphatic rings. The van der Waals surface area contributed by atoms with E-state index in [-0.39, 0.29) is 55.5 Å². The first kappa shape index (κ1) is 22.6. The number of carbonyl (C=O) groups is 2. The Morgan fingerprint density at radius 2 is 1.81 bits per heavy atom. The number of carboxylic acid groups (broad SMARTS) is 1. The van der Waals surface area contributed by atoms with E-state index in [2.05, 4.69) is 24.1 Å². The fourth-order valence-corrected chi connectivity index (χ4v) is 1.43. The third kappa shape index (κ3) is 10.7. The van der Waals surface area contributed by atoms with Crippen LogP contribution in [-0.2, 0) is 42.3 Å². The Kier molecular flexibility index (Phi) is 11.8. The molecule has 2 N–H and O–H groups in total. The van der Waals surface area contributed by atoms with E-state index in [0.717, 1.165) is 0 Å². The number of amides is 1. The molecular formula is C12H14Cl2N2O4Y-2. The van der Waals surface area contributed by atoms with Gasteiger partial charge in [0.05, 0.1) is 17.0 Å². The summed E-state index contributed by atoms with van der Waals surface area (Å²) in [4.78, 5) is 23.7. The number of aromatic nitrogens is 1. The molecule has 1 amide bonds. The van der Waals surface area contributed by atoms with Crippen LogP contribution in [0.2, 0.25) is 10.0 Å². The molecule has 0 spiro atoms. The van der Waals surface area contributed by atoms with Gasteiger partial charge in [-0.05, 0) is 19.9 Å². The van der Waals surface area contributed by atoms with Crippen molar-refractivity contribution in [3.63, 3.8) is 0 Å². The summed E-state index contributed by atoms with van der Waals surface area (Å²) in [6.07, 6.45) is -0.0746. The summed E-state index contributed by atoms with van der Waals surface area (Å²) in [5, 5.41) is 10.2. The van der Waals surface area contributed by atoms with Crippen molar-refractivity contribution < 1.29 is 52.1 Å². The van der Waals surface area contributed by atoms with Crippen LogP contribution >= 0.6 is 23.2 Å². The number of hydrogen-bond acceptors (Lipinski definition) is 4. The number of pyridine rings is 1. The largest absolute Gasteiger partial charge is 0.503 e. The Morgan fingerprint density at radius 3 is 2.19 bits per heavy atom. The standard InChI is InChI=1S/C10H11Cl2N2O2.C2H3O2.Y/c1-5(2)16-10-8(12)4-7(11)9(14-10)13-6(3)15;1-2(3)4;/h4-5H,3H2,1-2H3,(H,13,14,15);1H2,(H,3,4);/q2*-1;. The molecule has 21 heavy (non-hydrogen) atoms. The summed E-state index contributed by atoms with van der Waals surface area (Å²) in [6, 6.07) is 1.46. The maximum Gasteiger partial charge on any atom is 0.234 e. The minimum Gasteiger partial charge on any atom is -0.503 e. The van der Waals surface area contributed by atoms with Gasteiger partial charge in [-0.2, -0.15) is 4.98 Å². The number of carbonyl (C=O) groups excluding carboxylic acids is 1. The van der Waals surface area contributed by atoms with E-state index in [0.29, 0.717) is 5.02 Å². The number of carboxylic acids is 1. The van der Waals surface area contributed by atoms with E-state index in [1.807, 2.05) is 13.8 Å². The monoisotopic (exact) mass is 409 g/mol. The van der Waals surface area contributed by atoms with Crippen molar-refractivity contribution in [2.45, 2.75) is 20.0 Å². The second-order valence-corrected chi connectivity index (χ2v) is 4.53. The second-order valence-electron chi connectivity index (χ2n) is 3.71. The Morgan fingerprint density at radius 1 is 1.33 bits per heavy atom. The van der Waals surface area contributed by atoms with Crippen molar-refractivity contribution in [1.82, 2.24) is 4.98 Å². The van der Waals surface area contributed by atoms with Crippen LogP contribution in [0.25, 0.3) is 0 Å². The van der Waals surface area contributed by atoms with Gasteiger partial charge in [-0.1, -0.05) is 23.2 Å². The summed E-state index contributed by atoms with van der Waals surface area (Å²) >= 11 is 11.7. The maximum atomic E-state index is 10.8. The summed E-state index contributed by atoms with van der Waals surface area (Å²) in [6.45, 7) is 9.40. The summed E-state index contributed by atoms with van der Waals surface area (Å²) < 4.78 is 5.35. The molecule has 0 unspecified atom stereocenters. The van der Waals surface area contributed by atoms with Crippen molar-refractivity contribution in [2.24, 2.45) is 0 Å². The number of rotatable bonds is 3. The number of ether oxygens (including phenoxy) is 1. The molecule has 0 aliphatic heterocycles. The van der Waals surface area contributed by atoms with Crippen LogP contribution in [0.15, 0.2) is 6.07 Å². The number of anilines is 1. The molecule has 115 valence electrons. The van der Waals surface area contributed by atoms with Gasteiger partial charge in [-0.25, -0.2) is 0 Å². The molecule has 6 nitrogen and oxygen atoms in total. The molecule has 1 aromatic heterocycles. The summed E-state index contributed by atoms with van der Waals surface area (Å²) in [7, 11) is 0. The van der Waals surface area contributed by atoms with Gasteiger partial charge in [0.2, 0.25) is 5.88 Å². The molecular weight excluding hydrogens is 396 g/mol. The molecule has 0 saturated heterocycles. The molecule has 1 radical (unpaired) electrons. The SMILES string of the molecule is [CH2-]C(=O)Nc1nc(OC(C)C)c(Cl)cc1Cl.[CH2-]C(=O)O.[Y].